The molecule has 0 amide bonds. The van der Waals surface area contributed by atoms with Gasteiger partial charge in [0.2, 0.25) is 0 Å². The summed E-state index contributed by atoms with van der Waals surface area (Å²) in [5.74, 6) is 0.738. The molecule has 1 aromatic carbocycles. The molecule has 4 heteroatoms. The lowest BCUT2D eigenvalue weighted by Crippen LogP contribution is -3.00. The lowest BCUT2D eigenvalue weighted by atomic mass is 10.1. The molecule has 0 spiro atoms. The van der Waals surface area contributed by atoms with Crippen LogP contribution in [0.1, 0.15) is 31.4 Å². The number of ether oxygens (including phenoxy) is 1. The van der Waals surface area contributed by atoms with E-state index >= 15 is 0 Å². The van der Waals surface area contributed by atoms with E-state index in [1.54, 1.807) is 6.07 Å². The van der Waals surface area contributed by atoms with Crippen LogP contribution in [0.5, 0.6) is 5.75 Å². The van der Waals surface area contributed by atoms with Crippen molar-refractivity contribution in [2.24, 2.45) is 0 Å². The van der Waals surface area contributed by atoms with Crippen LogP contribution in [0.3, 0.4) is 0 Å². The van der Waals surface area contributed by atoms with Gasteiger partial charge in [0.05, 0.1) is 5.56 Å². The molecule has 17 heavy (non-hydrogen) atoms. The van der Waals surface area contributed by atoms with Crippen LogP contribution in [-0.2, 0) is 6.42 Å². The fourth-order valence-corrected chi connectivity index (χ4v) is 1.54. The Hall–Kier alpha value is -1.24. The summed E-state index contributed by atoms with van der Waals surface area (Å²) in [6, 6.07) is 8.12. The molecule has 0 bridgehead atoms. The van der Waals surface area contributed by atoms with E-state index in [1.807, 2.05) is 19.1 Å². The van der Waals surface area contributed by atoms with Crippen LogP contribution in [0.25, 0.3) is 0 Å². The van der Waals surface area contributed by atoms with Crippen molar-refractivity contribution >= 4 is 0 Å². The Morgan fingerprint density at radius 3 is 2.71 bits per heavy atom. The highest BCUT2D eigenvalue weighted by Crippen LogP contribution is 2.24. The Balaban J connectivity index is 0.00000256. The molecule has 0 aliphatic carbocycles. The summed E-state index contributed by atoms with van der Waals surface area (Å²) < 4.78 is 5.69. The monoisotopic (exact) mass is 254 g/mol. The number of hydrogen-bond donors (Lipinski definition) is 1. The smallest absolute Gasteiger partial charge is 0.140 e. The Bertz CT molecular complexity index is 385. The normalized spacial score (nSPS) is 11.2. The average Bonchev–Trinajstić information content (AvgIpc) is 2.27. The van der Waals surface area contributed by atoms with E-state index in [-0.39, 0.29) is 18.4 Å². The third-order valence-corrected chi connectivity index (χ3v) is 2.25. The van der Waals surface area contributed by atoms with Gasteiger partial charge in [-0.1, -0.05) is 25.5 Å². The number of hydrogen-bond acceptors (Lipinski definition) is 2. The molecular formula is C13H19ClN2O. The highest BCUT2D eigenvalue weighted by atomic mass is 35.5. The molecule has 0 aliphatic rings. The Labute approximate surface area is 109 Å². The Morgan fingerprint density at radius 2 is 2.18 bits per heavy atom. The molecule has 0 aromatic heterocycles. The number of halogens is 1. The molecule has 0 saturated heterocycles. The first-order valence-electron chi connectivity index (χ1n) is 5.66. The molecule has 1 aromatic rings. The Kier molecular flexibility index (Phi) is 7.36. The zero-order chi connectivity index (χ0) is 12.0. The number of rotatable bonds is 5. The van der Waals surface area contributed by atoms with E-state index in [0.717, 1.165) is 24.2 Å². The number of aryl methyl sites for hydroxylation is 1. The quantitative estimate of drug-likeness (QED) is 0.697. The van der Waals surface area contributed by atoms with Crippen molar-refractivity contribution in [3.05, 3.63) is 29.3 Å². The van der Waals surface area contributed by atoms with Crippen molar-refractivity contribution in [3.8, 4) is 11.8 Å². The molecule has 1 rings (SSSR count). The zero-order valence-corrected chi connectivity index (χ0v) is 11.1. The zero-order valence-electron chi connectivity index (χ0n) is 10.4. The van der Waals surface area contributed by atoms with Crippen molar-refractivity contribution in [3.63, 3.8) is 0 Å². The fraction of sp³-hybridized carbons (Fsp3) is 0.462. The molecule has 1 atom stereocenters. The maximum atomic E-state index is 9.03. The first-order valence-corrected chi connectivity index (χ1v) is 5.66. The molecule has 0 aliphatic heterocycles. The molecule has 0 fully saturated rings. The molecule has 94 valence electrons. The number of benzene rings is 1. The van der Waals surface area contributed by atoms with E-state index in [1.165, 1.54) is 0 Å². The predicted molar refractivity (Wildman–Crippen MR) is 63.0 cm³/mol. The maximum Gasteiger partial charge on any atom is 0.140 e. The van der Waals surface area contributed by atoms with Gasteiger partial charge in [0.1, 0.15) is 24.5 Å². The largest absolute Gasteiger partial charge is 1.00 e. The van der Waals surface area contributed by atoms with Gasteiger partial charge in [-0.15, -0.1) is 0 Å². The van der Waals surface area contributed by atoms with E-state index < -0.39 is 0 Å². The highest BCUT2D eigenvalue weighted by Gasteiger charge is 2.10. The van der Waals surface area contributed by atoms with Gasteiger partial charge >= 0.3 is 0 Å². The summed E-state index contributed by atoms with van der Waals surface area (Å²) >= 11 is 0. The summed E-state index contributed by atoms with van der Waals surface area (Å²) in [5.41, 5.74) is 5.61. The van der Waals surface area contributed by atoms with Crippen LogP contribution in [0.4, 0.5) is 0 Å². The van der Waals surface area contributed by atoms with Crippen molar-refractivity contribution in [1.82, 2.24) is 0 Å². The minimum Gasteiger partial charge on any atom is -1.00 e. The van der Waals surface area contributed by atoms with Crippen molar-refractivity contribution in [2.45, 2.75) is 32.7 Å². The first-order chi connectivity index (χ1) is 7.69. The van der Waals surface area contributed by atoms with Gasteiger partial charge in [-0.05, 0) is 25.0 Å². The van der Waals surface area contributed by atoms with Crippen LogP contribution in [0, 0.1) is 11.3 Å². The average molecular weight is 255 g/mol. The fourth-order valence-electron chi connectivity index (χ4n) is 1.54. The molecule has 0 saturated carbocycles. The number of quaternary nitrogens is 1. The van der Waals surface area contributed by atoms with Crippen LogP contribution < -0.4 is 22.9 Å². The highest BCUT2D eigenvalue weighted by molar-refractivity contribution is 5.48. The van der Waals surface area contributed by atoms with Crippen LogP contribution in [0.15, 0.2) is 18.2 Å². The first kappa shape index (κ1) is 15.8. The summed E-state index contributed by atoms with van der Waals surface area (Å²) in [4.78, 5) is 0. The standard InChI is InChI=1S/C13H18N2O.ClH/c1-3-5-11-6-4-7-12(8-14)13(11)16-9-10(2)15;/h4,6-7,10H,3,5,9,15H2,1-2H3;1H. The summed E-state index contributed by atoms with van der Waals surface area (Å²) in [6.45, 7) is 4.66. The minimum absolute atomic E-state index is 0. The summed E-state index contributed by atoms with van der Waals surface area (Å²) in [7, 11) is 0. The van der Waals surface area contributed by atoms with Gasteiger partial charge in [0, 0.05) is 0 Å². The maximum absolute atomic E-state index is 9.03. The van der Waals surface area contributed by atoms with Crippen LogP contribution in [-0.4, -0.2) is 12.6 Å². The van der Waals surface area contributed by atoms with Gasteiger partial charge in [0.25, 0.3) is 0 Å². The third kappa shape index (κ3) is 4.64. The van der Waals surface area contributed by atoms with Gasteiger partial charge in [-0.3, -0.25) is 0 Å². The lowest BCUT2D eigenvalue weighted by molar-refractivity contribution is -0.417. The third-order valence-electron chi connectivity index (χ3n) is 2.25. The number of nitrogens with zero attached hydrogens (tertiary/aromatic N) is 1. The molecular weight excluding hydrogens is 236 g/mol. The number of nitriles is 1. The van der Waals surface area contributed by atoms with Gasteiger partial charge in [0.15, 0.2) is 0 Å². The van der Waals surface area contributed by atoms with Gasteiger partial charge < -0.3 is 22.9 Å². The second-order valence-corrected chi connectivity index (χ2v) is 4.07. The number of para-hydroxylation sites is 1. The Morgan fingerprint density at radius 1 is 1.47 bits per heavy atom. The predicted octanol–water partition coefficient (Wildman–Crippen LogP) is -1.48. The van der Waals surface area contributed by atoms with E-state index in [2.05, 4.69) is 18.7 Å². The lowest BCUT2D eigenvalue weighted by Gasteiger charge is -2.12. The molecule has 3 N–H and O–H groups in total. The van der Waals surface area contributed by atoms with E-state index in [4.69, 9.17) is 10.00 Å². The molecule has 3 nitrogen and oxygen atoms in total. The van der Waals surface area contributed by atoms with Crippen LogP contribution >= 0.6 is 0 Å². The topological polar surface area (TPSA) is 60.7 Å². The van der Waals surface area contributed by atoms with E-state index in [9.17, 15) is 0 Å². The van der Waals surface area contributed by atoms with Gasteiger partial charge in [-0.25, -0.2) is 0 Å². The van der Waals surface area contributed by atoms with Crippen molar-refractivity contribution in [1.29, 1.82) is 5.26 Å². The van der Waals surface area contributed by atoms with Crippen molar-refractivity contribution < 1.29 is 22.9 Å². The molecule has 0 heterocycles. The van der Waals surface area contributed by atoms with E-state index in [0.29, 0.717) is 12.2 Å². The summed E-state index contributed by atoms with van der Waals surface area (Å²) in [5, 5.41) is 9.03. The second kappa shape index (κ2) is 7.94. The summed E-state index contributed by atoms with van der Waals surface area (Å²) in [6.07, 6.45) is 1.99. The minimum atomic E-state index is 0. The SMILES string of the molecule is CCCc1cccc(C#N)c1OCC(C)[NH3+].[Cl-]. The van der Waals surface area contributed by atoms with Crippen molar-refractivity contribution in [2.75, 3.05) is 6.61 Å². The van der Waals surface area contributed by atoms with Gasteiger partial charge in [-0.2, -0.15) is 5.26 Å². The molecule has 0 radical (unpaired) electrons. The van der Waals surface area contributed by atoms with Crippen LogP contribution in [0.2, 0.25) is 0 Å². The second-order valence-electron chi connectivity index (χ2n) is 4.07. The molecule has 1 unspecified atom stereocenters.